The summed E-state index contributed by atoms with van der Waals surface area (Å²) in [5.74, 6) is -0.193. The molecule has 4 atom stereocenters. The Labute approximate surface area is 226 Å². The van der Waals surface area contributed by atoms with Gasteiger partial charge in [0.1, 0.15) is 23.5 Å². The predicted molar refractivity (Wildman–Crippen MR) is 145 cm³/mol. The maximum atomic E-state index is 15.2. The van der Waals surface area contributed by atoms with Crippen LogP contribution in [-0.4, -0.2) is 57.6 Å². The fraction of sp³-hybridized carbons (Fsp3) is 0.448. The number of nitrogens with one attached hydrogen (secondary N) is 3. The Balaban J connectivity index is 1.28. The minimum Gasteiger partial charge on any atom is -0.444 e. The van der Waals surface area contributed by atoms with Crippen molar-refractivity contribution in [2.45, 2.75) is 70.2 Å². The lowest BCUT2D eigenvalue weighted by molar-refractivity contribution is -0.128. The minimum absolute atomic E-state index is 0.00549. The van der Waals surface area contributed by atoms with Crippen LogP contribution in [0.25, 0.3) is 22.2 Å². The molecule has 2 aromatic carbocycles. The predicted octanol–water partition coefficient (Wildman–Crippen LogP) is 4.75. The maximum absolute atomic E-state index is 15.2. The van der Waals surface area contributed by atoms with E-state index in [1.165, 1.54) is 11.0 Å². The Morgan fingerprint density at radius 2 is 1.97 bits per heavy atom. The fourth-order valence-corrected chi connectivity index (χ4v) is 5.71. The van der Waals surface area contributed by atoms with Crippen LogP contribution in [-0.2, 0) is 16.0 Å². The number of nitrogens with zero attached hydrogens (tertiary/aromatic N) is 3. The van der Waals surface area contributed by atoms with Crippen LogP contribution in [0.2, 0.25) is 0 Å². The molecule has 2 heterocycles. The minimum atomic E-state index is -0.946. The first-order chi connectivity index (χ1) is 18.6. The van der Waals surface area contributed by atoms with E-state index in [-0.39, 0.29) is 18.4 Å². The zero-order chi connectivity index (χ0) is 27.9. The number of H-pyrrole nitrogens is 1. The van der Waals surface area contributed by atoms with E-state index in [1.807, 2.05) is 18.2 Å². The number of piperidine rings is 1. The average Bonchev–Trinajstić information content (AvgIpc) is 3.62. The van der Waals surface area contributed by atoms with Gasteiger partial charge < -0.3 is 20.4 Å². The molecular weight excluding hydrogens is 499 g/mol. The van der Waals surface area contributed by atoms with E-state index in [0.717, 1.165) is 35.9 Å². The van der Waals surface area contributed by atoms with Crippen molar-refractivity contribution in [2.75, 3.05) is 12.4 Å². The molecule has 2 aliphatic rings. The Kier molecular flexibility index (Phi) is 6.93. The average molecular weight is 533 g/mol. The molecule has 204 valence electrons. The lowest BCUT2D eigenvalue weighted by atomic mass is 9.97. The first kappa shape index (κ1) is 26.5. The van der Waals surface area contributed by atoms with Gasteiger partial charge in [0.25, 0.3) is 0 Å². The number of imidazole rings is 1. The zero-order valence-electron chi connectivity index (χ0n) is 22.5. The van der Waals surface area contributed by atoms with Gasteiger partial charge in [-0.2, -0.15) is 5.26 Å². The van der Waals surface area contributed by atoms with Gasteiger partial charge in [0, 0.05) is 19.5 Å². The highest BCUT2D eigenvalue weighted by atomic mass is 19.1. The number of nitriles is 1. The van der Waals surface area contributed by atoms with Crippen molar-refractivity contribution >= 4 is 29.0 Å². The number of likely N-dealkylation sites (tertiary alicyclic amines) is 1. The number of aromatic nitrogens is 2. The van der Waals surface area contributed by atoms with E-state index in [4.69, 9.17) is 4.74 Å². The molecule has 3 aromatic rings. The van der Waals surface area contributed by atoms with E-state index in [0.29, 0.717) is 17.1 Å². The molecule has 0 unspecified atom stereocenters. The van der Waals surface area contributed by atoms with Crippen LogP contribution in [0.4, 0.5) is 15.1 Å². The summed E-state index contributed by atoms with van der Waals surface area (Å²) in [6.07, 6.45) is 1.91. The number of halogens is 1. The van der Waals surface area contributed by atoms with Crippen LogP contribution in [0.1, 0.15) is 45.6 Å². The first-order valence-corrected chi connectivity index (χ1v) is 13.2. The third kappa shape index (κ3) is 5.39. The Bertz CT molecular complexity index is 1460. The van der Waals surface area contributed by atoms with Crippen molar-refractivity contribution < 1.29 is 18.7 Å². The molecule has 1 aromatic heterocycles. The third-order valence-electron chi connectivity index (χ3n) is 7.46. The van der Waals surface area contributed by atoms with Gasteiger partial charge in [0.05, 0.1) is 17.1 Å². The van der Waals surface area contributed by atoms with Crippen molar-refractivity contribution in [3.8, 4) is 17.2 Å². The lowest BCUT2D eigenvalue weighted by Gasteiger charge is -2.35. The van der Waals surface area contributed by atoms with Gasteiger partial charge in [-0.25, -0.2) is 14.2 Å². The summed E-state index contributed by atoms with van der Waals surface area (Å²) in [6, 6.07) is 10.9. The van der Waals surface area contributed by atoms with Crippen LogP contribution in [0.5, 0.6) is 0 Å². The zero-order valence-corrected chi connectivity index (χ0v) is 22.5. The van der Waals surface area contributed by atoms with Crippen molar-refractivity contribution in [3.63, 3.8) is 0 Å². The summed E-state index contributed by atoms with van der Waals surface area (Å²) in [4.78, 5) is 35.3. The molecule has 1 saturated heterocycles. The number of carbonyl (C=O) groups is 2. The summed E-state index contributed by atoms with van der Waals surface area (Å²) < 4.78 is 20.7. The van der Waals surface area contributed by atoms with Gasteiger partial charge >= 0.3 is 6.09 Å². The molecule has 2 fully saturated rings. The van der Waals surface area contributed by atoms with Crippen molar-refractivity contribution in [2.24, 2.45) is 5.92 Å². The fourth-order valence-electron chi connectivity index (χ4n) is 5.71. The van der Waals surface area contributed by atoms with Gasteiger partial charge in [-0.15, -0.1) is 0 Å². The highest BCUT2D eigenvalue weighted by molar-refractivity contribution is 5.88. The highest BCUT2D eigenvalue weighted by Crippen LogP contribution is 2.43. The second-order valence-corrected chi connectivity index (χ2v) is 11.3. The van der Waals surface area contributed by atoms with Crippen LogP contribution in [0.3, 0.4) is 0 Å². The molecule has 1 saturated carbocycles. The molecule has 0 radical (unpaired) electrons. The summed E-state index contributed by atoms with van der Waals surface area (Å²) >= 11 is 0. The number of carbonyl (C=O) groups excluding carboxylic acids is 2. The molecular formula is C29H33FN6O3. The van der Waals surface area contributed by atoms with Gasteiger partial charge in [-0.1, -0.05) is 18.2 Å². The molecule has 9 nitrogen and oxygen atoms in total. The number of hydrogen-bond acceptors (Lipinski definition) is 6. The van der Waals surface area contributed by atoms with Crippen molar-refractivity contribution in [1.29, 1.82) is 5.26 Å². The van der Waals surface area contributed by atoms with E-state index in [2.05, 4.69) is 26.7 Å². The summed E-state index contributed by atoms with van der Waals surface area (Å²) in [7, 11) is 1.78. The molecule has 2 bridgehead atoms. The number of hydrogen-bond donors (Lipinski definition) is 3. The van der Waals surface area contributed by atoms with Crippen LogP contribution in [0.15, 0.2) is 36.4 Å². The number of fused-ring (bicyclic) bond motifs is 3. The van der Waals surface area contributed by atoms with Crippen molar-refractivity contribution in [3.05, 3.63) is 47.8 Å². The summed E-state index contributed by atoms with van der Waals surface area (Å²) in [5.41, 5.74) is 2.76. The third-order valence-corrected chi connectivity index (χ3v) is 7.46. The van der Waals surface area contributed by atoms with E-state index < -0.39 is 35.5 Å². The Morgan fingerprint density at radius 3 is 2.67 bits per heavy atom. The second kappa shape index (κ2) is 10.2. The Morgan fingerprint density at radius 1 is 1.23 bits per heavy atom. The molecule has 1 aliphatic carbocycles. The smallest absolute Gasteiger partial charge is 0.411 e. The number of ether oxygens (including phenoxy) is 1. The first-order valence-electron chi connectivity index (χ1n) is 13.2. The van der Waals surface area contributed by atoms with E-state index >= 15 is 4.39 Å². The maximum Gasteiger partial charge on any atom is 0.411 e. The molecule has 39 heavy (non-hydrogen) atoms. The molecule has 0 spiro atoms. The van der Waals surface area contributed by atoms with Crippen LogP contribution in [0, 0.1) is 23.1 Å². The largest absolute Gasteiger partial charge is 0.444 e. The van der Waals surface area contributed by atoms with Crippen molar-refractivity contribution in [1.82, 2.24) is 20.2 Å². The normalized spacial score (nSPS) is 21.0. The lowest BCUT2D eigenvalue weighted by Crippen LogP contribution is -2.55. The van der Waals surface area contributed by atoms with Gasteiger partial charge in [0.2, 0.25) is 11.9 Å². The number of benzene rings is 2. The van der Waals surface area contributed by atoms with Gasteiger partial charge in [-0.3, -0.25) is 9.69 Å². The second-order valence-electron chi connectivity index (χ2n) is 11.3. The van der Waals surface area contributed by atoms with E-state index in [9.17, 15) is 14.9 Å². The molecule has 10 heteroatoms. The molecule has 5 rings (SSSR count). The SMILES string of the molecule is CNc1nc2cc(-c3ccc(C[C@@H](C#N)NC(=O)[C@@H]4[C@H]5CC[C@H](C5)N4C(=O)OC(C)(C)C)c(F)c3)ccc2[nH]1. The standard InChI is InChI=1S/C29H33FN6O3/c1-29(2,3)39-28(38)36-21-9-7-19(12-21)25(36)26(37)33-20(15-31)11-18-6-5-16(13-22(18)30)17-8-10-23-24(14-17)35-27(32-4)34-23/h5-6,8,10,13-14,19-21,25H,7,9,11-12H2,1-4H3,(H,33,37)(H2,32,34,35)/t19-,20-,21+,25-/m0/s1. The number of anilines is 1. The molecule has 2 amide bonds. The number of aromatic amines is 1. The summed E-state index contributed by atoms with van der Waals surface area (Å²) in [6.45, 7) is 5.36. The van der Waals surface area contributed by atoms with Gasteiger partial charge in [0.15, 0.2) is 0 Å². The molecule has 1 aliphatic heterocycles. The quantitative estimate of drug-likeness (QED) is 0.421. The van der Waals surface area contributed by atoms with E-state index in [1.54, 1.807) is 40.0 Å². The topological polar surface area (TPSA) is 123 Å². The van der Waals surface area contributed by atoms with Crippen LogP contribution < -0.4 is 10.6 Å². The highest BCUT2D eigenvalue weighted by Gasteiger charge is 2.52. The summed E-state index contributed by atoms with van der Waals surface area (Å²) in [5, 5.41) is 15.5. The van der Waals surface area contributed by atoms with Gasteiger partial charge in [-0.05, 0) is 80.8 Å². The number of rotatable bonds is 6. The Hall–Kier alpha value is -4.13. The molecule has 3 N–H and O–H groups in total. The number of amides is 2. The van der Waals surface area contributed by atoms with Crippen LogP contribution >= 0.6 is 0 Å². The monoisotopic (exact) mass is 532 g/mol.